The Morgan fingerprint density at radius 2 is 1.33 bits per heavy atom. The molecule has 0 unspecified atom stereocenters. The number of piperidine rings is 1. The number of aliphatic imine (C=N–C) groups is 1. The lowest BCUT2D eigenvalue weighted by Crippen LogP contribution is -2.47. The maximum absolute atomic E-state index is 14.0. The molecule has 0 atom stereocenters. The molecule has 4 N–H and O–H groups in total. The lowest BCUT2D eigenvalue weighted by molar-refractivity contribution is -0.193. The van der Waals surface area contributed by atoms with Gasteiger partial charge in [0.1, 0.15) is 17.2 Å². The van der Waals surface area contributed by atoms with Crippen molar-refractivity contribution < 1.29 is 68.5 Å². The molecule has 18 heteroatoms. The zero-order chi connectivity index (χ0) is 28.1. The number of alkyl halides is 9. The van der Waals surface area contributed by atoms with E-state index in [9.17, 15) is 48.7 Å². The van der Waals surface area contributed by atoms with E-state index in [4.69, 9.17) is 19.8 Å². The minimum atomic E-state index is -5.08. The predicted molar refractivity (Wildman–Crippen MR) is 98.3 cm³/mol. The fourth-order valence-corrected chi connectivity index (χ4v) is 2.71. The summed E-state index contributed by atoms with van der Waals surface area (Å²) in [7, 11) is 0. The molecule has 0 bridgehead atoms. The summed E-state index contributed by atoms with van der Waals surface area (Å²) in [4.78, 5) is 34.2. The number of halogens is 10. The molecule has 1 fully saturated rings. The van der Waals surface area contributed by atoms with Crippen molar-refractivity contribution in [3.63, 3.8) is 0 Å². The first-order valence-corrected chi connectivity index (χ1v) is 9.30. The molecule has 1 spiro atoms. The van der Waals surface area contributed by atoms with Crippen LogP contribution in [0.3, 0.4) is 0 Å². The number of carboxylic acids is 2. The molecule has 1 saturated heterocycles. The van der Waals surface area contributed by atoms with Gasteiger partial charge in [0.05, 0.1) is 11.1 Å². The molecule has 36 heavy (non-hydrogen) atoms. The normalized spacial score (nSPS) is 17.2. The molecule has 2 heterocycles. The van der Waals surface area contributed by atoms with Crippen LogP contribution < -0.4 is 10.6 Å². The first-order chi connectivity index (χ1) is 16.2. The van der Waals surface area contributed by atoms with Crippen LogP contribution in [0.4, 0.5) is 43.9 Å². The maximum atomic E-state index is 14.0. The number of aliphatic carboxylic acids is 2. The molecule has 1 aromatic carbocycles. The Balaban J connectivity index is 0.000000383. The van der Waals surface area contributed by atoms with Crippen LogP contribution in [-0.4, -0.2) is 64.9 Å². The quantitative estimate of drug-likeness (QED) is 0.404. The van der Waals surface area contributed by atoms with Gasteiger partial charge in [-0.2, -0.15) is 39.5 Å². The van der Waals surface area contributed by atoms with Gasteiger partial charge >= 0.3 is 30.5 Å². The summed E-state index contributed by atoms with van der Waals surface area (Å²) in [5.74, 6) is -6.90. The van der Waals surface area contributed by atoms with E-state index in [-0.39, 0.29) is 17.3 Å². The van der Waals surface area contributed by atoms with Crippen molar-refractivity contribution in [1.29, 1.82) is 0 Å². The van der Waals surface area contributed by atoms with Crippen molar-refractivity contribution in [2.24, 2.45) is 4.99 Å². The lowest BCUT2D eigenvalue weighted by Gasteiger charge is -2.28. The van der Waals surface area contributed by atoms with Crippen LogP contribution in [0.25, 0.3) is 0 Å². The van der Waals surface area contributed by atoms with Gasteiger partial charge in [-0.05, 0) is 44.1 Å². The van der Waals surface area contributed by atoms with E-state index in [0.717, 1.165) is 12.1 Å². The Hall–Kier alpha value is -3.44. The molecule has 0 saturated carbocycles. The zero-order valence-corrected chi connectivity index (χ0v) is 17.4. The first-order valence-electron chi connectivity index (χ1n) is 9.30. The second-order valence-corrected chi connectivity index (χ2v) is 6.99. The fraction of sp³-hybridized carbons (Fsp3) is 0.444. The summed E-state index contributed by atoms with van der Waals surface area (Å²) in [6, 6.07) is 2.19. The average molecular weight is 543 g/mol. The number of hydrogen-bond donors (Lipinski definition) is 4. The van der Waals surface area contributed by atoms with Gasteiger partial charge < -0.3 is 20.8 Å². The van der Waals surface area contributed by atoms with Crippen molar-refractivity contribution in [3.8, 4) is 0 Å². The van der Waals surface area contributed by atoms with Crippen molar-refractivity contribution in [1.82, 2.24) is 10.6 Å². The Morgan fingerprint density at radius 3 is 1.69 bits per heavy atom. The maximum Gasteiger partial charge on any atom is 0.490 e. The Kier molecular flexibility index (Phi) is 9.42. The highest BCUT2D eigenvalue weighted by atomic mass is 19.4. The van der Waals surface area contributed by atoms with Gasteiger partial charge in [-0.3, -0.25) is 9.79 Å². The van der Waals surface area contributed by atoms with Crippen LogP contribution in [0.15, 0.2) is 23.2 Å². The third-order valence-electron chi connectivity index (χ3n) is 4.45. The monoisotopic (exact) mass is 543 g/mol. The number of benzene rings is 1. The summed E-state index contributed by atoms with van der Waals surface area (Å²) in [5, 5.41) is 19.8. The van der Waals surface area contributed by atoms with Crippen molar-refractivity contribution in [3.05, 3.63) is 35.1 Å². The van der Waals surface area contributed by atoms with Crippen LogP contribution in [0.2, 0.25) is 0 Å². The minimum Gasteiger partial charge on any atom is -0.475 e. The summed E-state index contributed by atoms with van der Waals surface area (Å²) < 4.78 is 115. The topological polar surface area (TPSA) is 128 Å². The van der Waals surface area contributed by atoms with Crippen LogP contribution in [0.1, 0.15) is 24.0 Å². The van der Waals surface area contributed by atoms with Gasteiger partial charge in [0.25, 0.3) is 5.91 Å². The SMILES string of the molecule is O=C(O)C(F)(F)F.O=C(O)C(F)(F)F.O=C1NC(c2ccc(C(F)(F)F)cc2F)=NC12CCNCC2. The van der Waals surface area contributed by atoms with E-state index in [2.05, 4.69) is 15.6 Å². The zero-order valence-electron chi connectivity index (χ0n) is 17.4. The van der Waals surface area contributed by atoms with Crippen LogP contribution in [0, 0.1) is 5.82 Å². The lowest BCUT2D eigenvalue weighted by atomic mass is 9.89. The van der Waals surface area contributed by atoms with Crippen molar-refractivity contribution >= 4 is 23.7 Å². The third kappa shape index (κ3) is 8.35. The van der Waals surface area contributed by atoms with Crippen LogP contribution in [-0.2, 0) is 20.6 Å². The second kappa shape index (κ2) is 11.1. The van der Waals surface area contributed by atoms with Crippen molar-refractivity contribution in [2.75, 3.05) is 13.1 Å². The second-order valence-electron chi connectivity index (χ2n) is 6.99. The number of carbonyl (C=O) groups excluding carboxylic acids is 1. The summed E-state index contributed by atoms with van der Waals surface area (Å²) in [5.41, 5.74) is -2.14. The third-order valence-corrected chi connectivity index (χ3v) is 4.45. The molecule has 3 rings (SSSR count). The summed E-state index contributed by atoms with van der Waals surface area (Å²) >= 11 is 0. The standard InChI is InChI=1S/C14H13F4N3O.2C2HF3O2/c15-10-7-8(14(16,17)18)1-2-9(10)11-20-12(22)13(21-11)3-5-19-6-4-13;2*3-2(4,5)1(6)7/h1-2,7,19H,3-6H2,(H,20,21,22);2*(H,6,7). The number of hydrogen-bond acceptors (Lipinski definition) is 5. The minimum absolute atomic E-state index is 0.00174. The molecule has 0 aromatic heterocycles. The summed E-state index contributed by atoms with van der Waals surface area (Å²) in [6.45, 7) is 1.22. The van der Waals surface area contributed by atoms with E-state index < -0.39 is 47.4 Å². The van der Waals surface area contributed by atoms with Gasteiger partial charge in [0.2, 0.25) is 0 Å². The highest BCUT2D eigenvalue weighted by Gasteiger charge is 2.45. The molecule has 8 nitrogen and oxygen atoms in total. The average Bonchev–Trinajstić information content (AvgIpc) is 3.02. The Morgan fingerprint density at radius 1 is 0.889 bits per heavy atom. The molecule has 2 aliphatic heterocycles. The van der Waals surface area contributed by atoms with E-state index in [1.807, 2.05) is 0 Å². The van der Waals surface area contributed by atoms with E-state index in [0.29, 0.717) is 32.0 Å². The molecule has 1 aromatic rings. The van der Waals surface area contributed by atoms with Gasteiger partial charge in [0.15, 0.2) is 0 Å². The van der Waals surface area contributed by atoms with Gasteiger partial charge in [-0.1, -0.05) is 0 Å². The molecule has 202 valence electrons. The number of rotatable bonds is 1. The van der Waals surface area contributed by atoms with Gasteiger partial charge in [0, 0.05) is 0 Å². The number of amides is 1. The largest absolute Gasteiger partial charge is 0.490 e. The molecule has 0 aliphatic carbocycles. The summed E-state index contributed by atoms with van der Waals surface area (Å²) in [6.07, 6.45) is -13.8. The number of nitrogens with one attached hydrogen (secondary N) is 2. The smallest absolute Gasteiger partial charge is 0.475 e. The Labute approximate surface area is 194 Å². The van der Waals surface area contributed by atoms with E-state index in [1.165, 1.54) is 0 Å². The highest BCUT2D eigenvalue weighted by Crippen LogP contribution is 2.32. The van der Waals surface area contributed by atoms with Gasteiger partial charge in [-0.15, -0.1) is 0 Å². The highest BCUT2D eigenvalue weighted by molar-refractivity contribution is 6.15. The van der Waals surface area contributed by atoms with Gasteiger partial charge in [-0.25, -0.2) is 14.0 Å². The number of amidine groups is 1. The van der Waals surface area contributed by atoms with E-state index >= 15 is 0 Å². The molecule has 1 amide bonds. The Bertz CT molecular complexity index is 988. The molecular formula is C18H15F10N3O5. The van der Waals surface area contributed by atoms with Crippen LogP contribution in [0.5, 0.6) is 0 Å². The fourth-order valence-electron chi connectivity index (χ4n) is 2.71. The number of carboxylic acid groups (broad SMARTS) is 2. The van der Waals surface area contributed by atoms with Crippen LogP contribution >= 0.6 is 0 Å². The van der Waals surface area contributed by atoms with Crippen molar-refractivity contribution in [2.45, 2.75) is 36.9 Å². The molecular weight excluding hydrogens is 528 g/mol. The number of nitrogens with zero attached hydrogens (tertiary/aromatic N) is 1. The number of carbonyl (C=O) groups is 3. The first kappa shape index (κ1) is 30.6. The van der Waals surface area contributed by atoms with E-state index in [1.54, 1.807) is 0 Å². The molecule has 0 radical (unpaired) electrons. The predicted octanol–water partition coefficient (Wildman–Crippen LogP) is 3.11. The molecule has 2 aliphatic rings.